The van der Waals surface area contributed by atoms with Crippen LogP contribution in [0.4, 0.5) is 11.8 Å². The van der Waals surface area contributed by atoms with Crippen molar-refractivity contribution < 1.29 is 0 Å². The summed E-state index contributed by atoms with van der Waals surface area (Å²) in [5.41, 5.74) is 6.92. The highest BCUT2D eigenvalue weighted by molar-refractivity contribution is 5.89. The van der Waals surface area contributed by atoms with Crippen LogP contribution < -0.4 is 16.2 Å². The van der Waals surface area contributed by atoms with Crippen molar-refractivity contribution in [3.63, 3.8) is 0 Å². The van der Waals surface area contributed by atoms with Crippen LogP contribution in [0.5, 0.6) is 0 Å². The molecule has 3 N–H and O–H groups in total. The van der Waals surface area contributed by atoms with Crippen LogP contribution in [0.3, 0.4) is 0 Å². The third-order valence-electron chi connectivity index (χ3n) is 6.75. The van der Waals surface area contributed by atoms with Crippen LogP contribution in [-0.4, -0.2) is 50.8 Å². The maximum Gasteiger partial charge on any atom is 0.241 e. The summed E-state index contributed by atoms with van der Waals surface area (Å²) in [6.45, 7) is 3.47. The van der Waals surface area contributed by atoms with Gasteiger partial charge in [-0.05, 0) is 23.3 Å². The number of hydrogen-bond donors (Lipinski definition) is 2. The first-order valence-corrected chi connectivity index (χ1v) is 12.2. The van der Waals surface area contributed by atoms with Gasteiger partial charge in [0.1, 0.15) is 5.82 Å². The van der Waals surface area contributed by atoms with Gasteiger partial charge in [0.2, 0.25) is 5.95 Å². The minimum atomic E-state index is 0.210. The van der Waals surface area contributed by atoms with Crippen LogP contribution >= 0.6 is 0 Å². The van der Waals surface area contributed by atoms with E-state index < -0.39 is 0 Å². The number of nitrogens with zero attached hydrogens (tertiary/aromatic N) is 6. The largest absolute Gasteiger partial charge is 0.353 e. The Morgan fingerprint density at radius 3 is 1.89 bits per heavy atom. The molecule has 0 aliphatic carbocycles. The summed E-state index contributed by atoms with van der Waals surface area (Å²) in [6.07, 6.45) is 1.85. The van der Waals surface area contributed by atoms with Gasteiger partial charge in [0, 0.05) is 26.2 Å². The molecule has 0 unspecified atom stereocenters. The van der Waals surface area contributed by atoms with Crippen LogP contribution in [-0.2, 0) is 0 Å². The highest BCUT2D eigenvalue weighted by atomic mass is 15.4. The van der Waals surface area contributed by atoms with E-state index in [9.17, 15) is 0 Å². The molecule has 0 atom stereocenters. The summed E-state index contributed by atoms with van der Waals surface area (Å²) < 4.78 is 1.83. The molecule has 0 saturated carbocycles. The SMILES string of the molecule is NNc1nc(N2CCN(C(c3ccccc3)c3ccccc3)CC2)c2cnn(-c3ccccc3)c2n1. The Hall–Kier alpha value is -4.27. The summed E-state index contributed by atoms with van der Waals surface area (Å²) in [6, 6.07) is 31.7. The van der Waals surface area contributed by atoms with Crippen molar-refractivity contribution in [1.82, 2.24) is 24.6 Å². The van der Waals surface area contributed by atoms with Crippen molar-refractivity contribution in [3.05, 3.63) is 108 Å². The van der Waals surface area contributed by atoms with Gasteiger partial charge in [0.05, 0.1) is 23.3 Å². The molecule has 3 heterocycles. The Morgan fingerprint density at radius 2 is 1.31 bits per heavy atom. The first-order chi connectivity index (χ1) is 17.8. The van der Waals surface area contributed by atoms with E-state index >= 15 is 0 Å². The number of hydrogen-bond acceptors (Lipinski definition) is 7. The van der Waals surface area contributed by atoms with Crippen molar-refractivity contribution in [2.45, 2.75) is 6.04 Å². The average Bonchev–Trinajstić information content (AvgIpc) is 3.39. The Kier molecular flexibility index (Phi) is 6.03. The van der Waals surface area contributed by atoms with E-state index in [1.807, 2.05) is 41.2 Å². The van der Waals surface area contributed by atoms with Crippen LogP contribution in [0.15, 0.2) is 97.2 Å². The summed E-state index contributed by atoms with van der Waals surface area (Å²) in [4.78, 5) is 14.2. The Labute approximate surface area is 210 Å². The highest BCUT2D eigenvalue weighted by Gasteiger charge is 2.28. The third-order valence-corrected chi connectivity index (χ3v) is 6.75. The van der Waals surface area contributed by atoms with Gasteiger partial charge in [0.25, 0.3) is 0 Å². The number of nitrogens with two attached hydrogens (primary N) is 1. The predicted octanol–water partition coefficient (Wildman–Crippen LogP) is 4.01. The smallest absolute Gasteiger partial charge is 0.241 e. The van der Waals surface area contributed by atoms with Gasteiger partial charge < -0.3 is 4.90 Å². The molecular formula is C28H28N8. The molecule has 1 aliphatic rings. The van der Waals surface area contributed by atoms with Crippen molar-refractivity contribution >= 4 is 22.8 Å². The van der Waals surface area contributed by atoms with E-state index in [1.165, 1.54) is 11.1 Å². The van der Waals surface area contributed by atoms with Gasteiger partial charge >= 0.3 is 0 Å². The molecule has 5 aromatic rings. The predicted molar refractivity (Wildman–Crippen MR) is 143 cm³/mol. The molecule has 1 saturated heterocycles. The summed E-state index contributed by atoms with van der Waals surface area (Å²) in [5, 5.41) is 5.54. The zero-order valence-corrected chi connectivity index (χ0v) is 19.9. The number of rotatable bonds is 6. The number of anilines is 2. The first-order valence-electron chi connectivity index (χ1n) is 12.2. The number of piperazine rings is 1. The molecule has 2 aromatic heterocycles. The molecule has 3 aromatic carbocycles. The first kappa shape index (κ1) is 22.2. The second-order valence-corrected chi connectivity index (χ2v) is 8.89. The van der Waals surface area contributed by atoms with Gasteiger partial charge in [-0.25, -0.2) is 10.5 Å². The molecule has 36 heavy (non-hydrogen) atoms. The molecule has 6 rings (SSSR count). The molecule has 8 heteroatoms. The number of nitrogens with one attached hydrogen (secondary N) is 1. The van der Waals surface area contributed by atoms with Crippen LogP contribution in [0.25, 0.3) is 16.7 Å². The molecule has 8 nitrogen and oxygen atoms in total. The summed E-state index contributed by atoms with van der Waals surface area (Å²) in [5.74, 6) is 6.99. The van der Waals surface area contributed by atoms with Crippen molar-refractivity contribution in [2.75, 3.05) is 36.5 Å². The summed E-state index contributed by atoms with van der Waals surface area (Å²) in [7, 11) is 0. The fraction of sp³-hybridized carbons (Fsp3) is 0.179. The fourth-order valence-corrected chi connectivity index (χ4v) is 5.03. The van der Waals surface area contributed by atoms with Crippen LogP contribution in [0.2, 0.25) is 0 Å². The van der Waals surface area contributed by atoms with Crippen molar-refractivity contribution in [1.29, 1.82) is 0 Å². The van der Waals surface area contributed by atoms with E-state index in [1.54, 1.807) is 0 Å². The number of para-hydroxylation sites is 1. The Balaban J connectivity index is 1.31. The van der Waals surface area contributed by atoms with E-state index in [2.05, 4.69) is 86.0 Å². The topological polar surface area (TPSA) is 88.1 Å². The molecular weight excluding hydrogens is 448 g/mol. The number of hydrazine groups is 1. The second kappa shape index (κ2) is 9.77. The van der Waals surface area contributed by atoms with Gasteiger partial charge in [0.15, 0.2) is 5.65 Å². The zero-order chi connectivity index (χ0) is 24.3. The summed E-state index contributed by atoms with van der Waals surface area (Å²) >= 11 is 0. The number of nitrogen functional groups attached to an aromatic ring is 1. The van der Waals surface area contributed by atoms with Gasteiger partial charge in [-0.1, -0.05) is 78.9 Å². The number of aromatic nitrogens is 4. The standard InChI is InChI=1S/C28H28N8/c29-33-28-31-26(24-20-30-36(27(24)32-28)23-14-8-3-9-15-23)35-18-16-34(17-19-35)25(21-10-4-1-5-11-21)22-12-6-2-7-13-22/h1-15,20,25H,16-19,29H2,(H,31,32,33). The van der Waals surface area contributed by atoms with Gasteiger partial charge in [-0.15, -0.1) is 0 Å². The van der Waals surface area contributed by atoms with E-state index in [4.69, 9.17) is 10.8 Å². The van der Waals surface area contributed by atoms with Gasteiger partial charge in [-0.2, -0.15) is 15.1 Å². The van der Waals surface area contributed by atoms with Crippen LogP contribution in [0.1, 0.15) is 17.2 Å². The zero-order valence-electron chi connectivity index (χ0n) is 19.9. The lowest BCUT2D eigenvalue weighted by Gasteiger charge is -2.40. The lowest BCUT2D eigenvalue weighted by Crippen LogP contribution is -2.48. The maximum atomic E-state index is 5.76. The average molecular weight is 477 g/mol. The lowest BCUT2D eigenvalue weighted by molar-refractivity contribution is 0.212. The normalized spacial score (nSPS) is 14.4. The lowest BCUT2D eigenvalue weighted by atomic mass is 9.96. The van der Waals surface area contributed by atoms with Crippen molar-refractivity contribution in [3.8, 4) is 5.69 Å². The molecule has 0 amide bonds. The van der Waals surface area contributed by atoms with E-state index in [0.717, 1.165) is 48.7 Å². The highest BCUT2D eigenvalue weighted by Crippen LogP contribution is 2.32. The molecule has 1 fully saturated rings. The second-order valence-electron chi connectivity index (χ2n) is 8.89. The molecule has 0 spiro atoms. The molecule has 0 radical (unpaired) electrons. The minimum absolute atomic E-state index is 0.210. The maximum absolute atomic E-state index is 5.76. The Morgan fingerprint density at radius 1 is 0.722 bits per heavy atom. The van der Waals surface area contributed by atoms with Crippen molar-refractivity contribution in [2.24, 2.45) is 5.84 Å². The monoisotopic (exact) mass is 476 g/mol. The molecule has 1 aliphatic heterocycles. The van der Waals surface area contributed by atoms with E-state index in [-0.39, 0.29) is 6.04 Å². The third kappa shape index (κ3) is 4.17. The Bertz CT molecular complexity index is 1390. The van der Waals surface area contributed by atoms with E-state index in [0.29, 0.717) is 5.95 Å². The fourth-order valence-electron chi connectivity index (χ4n) is 5.03. The molecule has 0 bridgehead atoms. The van der Waals surface area contributed by atoms with Gasteiger partial charge in [-0.3, -0.25) is 10.3 Å². The van der Waals surface area contributed by atoms with Crippen LogP contribution in [0, 0.1) is 0 Å². The number of fused-ring (bicyclic) bond motifs is 1. The quantitative estimate of drug-likeness (QED) is 0.283. The number of benzene rings is 3. The molecule has 180 valence electrons. The minimum Gasteiger partial charge on any atom is -0.353 e.